The predicted molar refractivity (Wildman–Crippen MR) is 124 cm³/mol. The second kappa shape index (κ2) is 9.38. The largest absolute Gasteiger partial charge is 0.491 e. The van der Waals surface area contributed by atoms with Crippen LogP contribution in [0, 0.1) is 17.8 Å². The van der Waals surface area contributed by atoms with E-state index in [-0.39, 0.29) is 19.3 Å². The minimum absolute atomic E-state index is 0.192. The number of aliphatic hydroxyl groups is 2. The van der Waals surface area contributed by atoms with Crippen LogP contribution < -0.4 is 15.8 Å². The third kappa shape index (κ3) is 5.11. The Morgan fingerprint density at radius 3 is 2.26 bits per heavy atom. The molecule has 5 N–H and O–H groups in total. The first kappa shape index (κ1) is 23.0. The van der Waals surface area contributed by atoms with E-state index in [1.165, 1.54) is 49.7 Å². The molecule has 0 spiro atoms. The van der Waals surface area contributed by atoms with Crippen molar-refractivity contribution in [2.75, 3.05) is 26.3 Å². The van der Waals surface area contributed by atoms with E-state index in [2.05, 4.69) is 37.4 Å². The van der Waals surface area contributed by atoms with Gasteiger partial charge >= 0.3 is 0 Å². The summed E-state index contributed by atoms with van der Waals surface area (Å²) in [5.41, 5.74) is 8.18. The number of nitrogens with one attached hydrogen (secondary N) is 1. The molecule has 1 aromatic rings. The van der Waals surface area contributed by atoms with E-state index in [0.717, 1.165) is 42.9 Å². The zero-order valence-corrected chi connectivity index (χ0v) is 19.4. The molecule has 0 radical (unpaired) electrons. The van der Waals surface area contributed by atoms with Gasteiger partial charge in [-0.1, -0.05) is 12.1 Å². The molecule has 0 unspecified atom stereocenters. The molecule has 4 fully saturated rings. The molecular formula is C26H42N2O3. The fraction of sp³-hybridized carbons (Fsp3) is 0.769. The van der Waals surface area contributed by atoms with Gasteiger partial charge in [0.15, 0.2) is 0 Å². The number of benzene rings is 1. The number of nitrogens with two attached hydrogens (primary N) is 1. The summed E-state index contributed by atoms with van der Waals surface area (Å²) in [4.78, 5) is 0. The molecule has 5 rings (SSSR count). The van der Waals surface area contributed by atoms with Crippen molar-refractivity contribution in [1.82, 2.24) is 5.32 Å². The quantitative estimate of drug-likeness (QED) is 0.405. The normalized spacial score (nSPS) is 29.7. The lowest BCUT2D eigenvalue weighted by Gasteiger charge is -2.57. The molecule has 4 aliphatic rings. The Hall–Kier alpha value is -1.14. The number of aryl methyl sites for hydroxylation is 1. The molecule has 4 bridgehead atoms. The molecule has 5 nitrogen and oxygen atoms in total. The fourth-order valence-corrected chi connectivity index (χ4v) is 6.86. The van der Waals surface area contributed by atoms with E-state index in [0.29, 0.717) is 12.0 Å². The highest BCUT2D eigenvalue weighted by molar-refractivity contribution is 5.44. The molecule has 0 aliphatic heterocycles. The maximum Gasteiger partial charge on any atom is 0.123 e. The molecule has 0 amide bonds. The Morgan fingerprint density at radius 1 is 1.10 bits per heavy atom. The van der Waals surface area contributed by atoms with Gasteiger partial charge in [0.05, 0.1) is 24.9 Å². The van der Waals surface area contributed by atoms with Crippen molar-refractivity contribution >= 4 is 0 Å². The standard InChI is InChI=1S/C26H42N2O3/c1-18(2)31-24-6-5-19(4-3-7-28-15-26(27,16-29)17-30)11-23(24)25-12-20-8-21(13-25)10-22(9-20)14-25/h5-6,11,18,20-22,28-30H,3-4,7-10,12-17,27H2,1-2H3. The number of hydrogen-bond donors (Lipinski definition) is 4. The van der Waals surface area contributed by atoms with E-state index in [1.54, 1.807) is 0 Å². The van der Waals surface area contributed by atoms with Gasteiger partial charge in [-0.3, -0.25) is 0 Å². The second-order valence-electron chi connectivity index (χ2n) is 11.2. The van der Waals surface area contributed by atoms with Crippen LogP contribution in [-0.4, -0.2) is 48.2 Å². The Kier molecular flexibility index (Phi) is 6.97. The van der Waals surface area contributed by atoms with Crippen molar-refractivity contribution in [2.45, 2.75) is 82.3 Å². The van der Waals surface area contributed by atoms with Crippen LogP contribution in [0.4, 0.5) is 0 Å². The zero-order valence-electron chi connectivity index (χ0n) is 19.4. The Bertz CT molecular complexity index is 709. The molecule has 31 heavy (non-hydrogen) atoms. The summed E-state index contributed by atoms with van der Waals surface area (Å²) < 4.78 is 6.32. The van der Waals surface area contributed by atoms with Gasteiger partial charge in [-0.25, -0.2) is 0 Å². The predicted octanol–water partition coefficient (Wildman–Crippen LogP) is 3.15. The third-order valence-electron chi connectivity index (χ3n) is 7.94. The minimum Gasteiger partial charge on any atom is -0.491 e. The first-order valence-corrected chi connectivity index (χ1v) is 12.4. The van der Waals surface area contributed by atoms with E-state index in [9.17, 15) is 10.2 Å². The number of aliphatic hydroxyl groups excluding tert-OH is 2. The first-order chi connectivity index (χ1) is 14.8. The second-order valence-corrected chi connectivity index (χ2v) is 11.2. The lowest BCUT2D eigenvalue weighted by Crippen LogP contribution is -2.55. The van der Waals surface area contributed by atoms with E-state index in [4.69, 9.17) is 10.5 Å². The summed E-state index contributed by atoms with van der Waals surface area (Å²) in [6.45, 7) is 5.04. The molecular weight excluding hydrogens is 388 g/mol. The van der Waals surface area contributed by atoms with Crippen LogP contribution in [0.15, 0.2) is 18.2 Å². The molecule has 0 saturated heterocycles. The molecule has 0 aromatic heterocycles. The molecule has 4 aliphatic carbocycles. The monoisotopic (exact) mass is 430 g/mol. The van der Waals surface area contributed by atoms with Crippen LogP contribution >= 0.6 is 0 Å². The minimum atomic E-state index is -0.943. The van der Waals surface area contributed by atoms with Gasteiger partial charge in [-0.05, 0) is 107 Å². The summed E-state index contributed by atoms with van der Waals surface area (Å²) in [5.74, 6) is 3.86. The van der Waals surface area contributed by atoms with Crippen molar-refractivity contribution < 1.29 is 14.9 Å². The highest BCUT2D eigenvalue weighted by Crippen LogP contribution is 2.62. The lowest BCUT2D eigenvalue weighted by molar-refractivity contribution is -0.00674. The maximum atomic E-state index is 9.32. The average molecular weight is 431 g/mol. The summed E-state index contributed by atoms with van der Waals surface area (Å²) in [7, 11) is 0. The highest BCUT2D eigenvalue weighted by atomic mass is 16.5. The summed E-state index contributed by atoms with van der Waals surface area (Å²) in [5, 5.41) is 21.9. The van der Waals surface area contributed by atoms with Crippen LogP contribution in [-0.2, 0) is 11.8 Å². The van der Waals surface area contributed by atoms with Gasteiger partial charge in [-0.2, -0.15) is 0 Å². The van der Waals surface area contributed by atoms with Crippen molar-refractivity contribution in [3.05, 3.63) is 29.3 Å². The Morgan fingerprint density at radius 2 is 1.71 bits per heavy atom. The molecule has 1 aromatic carbocycles. The SMILES string of the molecule is CC(C)Oc1ccc(CCCNCC(N)(CO)CO)cc1C12CC3CC(CC(C3)C1)C2. The van der Waals surface area contributed by atoms with Crippen LogP contribution in [0.3, 0.4) is 0 Å². The highest BCUT2D eigenvalue weighted by Gasteiger charge is 2.52. The van der Waals surface area contributed by atoms with E-state index in [1.807, 2.05) is 0 Å². The number of rotatable bonds is 11. The zero-order chi connectivity index (χ0) is 22.1. The van der Waals surface area contributed by atoms with Gasteiger partial charge < -0.3 is 26.0 Å². The van der Waals surface area contributed by atoms with Crippen molar-refractivity contribution in [2.24, 2.45) is 23.5 Å². The Labute approximate surface area is 187 Å². The maximum absolute atomic E-state index is 9.32. The van der Waals surface area contributed by atoms with Crippen molar-refractivity contribution in [1.29, 1.82) is 0 Å². The Balaban J connectivity index is 1.45. The fourth-order valence-electron chi connectivity index (χ4n) is 6.86. The molecule has 5 heteroatoms. The smallest absolute Gasteiger partial charge is 0.123 e. The van der Waals surface area contributed by atoms with Gasteiger partial charge in [0.25, 0.3) is 0 Å². The van der Waals surface area contributed by atoms with Crippen LogP contribution in [0.2, 0.25) is 0 Å². The van der Waals surface area contributed by atoms with Gasteiger partial charge in [0, 0.05) is 12.1 Å². The van der Waals surface area contributed by atoms with Crippen molar-refractivity contribution in [3.63, 3.8) is 0 Å². The van der Waals surface area contributed by atoms with E-state index < -0.39 is 5.54 Å². The molecule has 4 saturated carbocycles. The average Bonchev–Trinajstić information content (AvgIpc) is 2.73. The van der Waals surface area contributed by atoms with Crippen LogP contribution in [0.1, 0.15) is 69.9 Å². The number of hydrogen-bond acceptors (Lipinski definition) is 5. The summed E-state index contributed by atoms with van der Waals surface area (Å²) in [6.07, 6.45) is 10.6. The van der Waals surface area contributed by atoms with Crippen molar-refractivity contribution in [3.8, 4) is 5.75 Å². The van der Waals surface area contributed by atoms with E-state index >= 15 is 0 Å². The molecule has 0 heterocycles. The van der Waals surface area contributed by atoms with Gasteiger partial charge in [0.2, 0.25) is 0 Å². The molecule has 0 atom stereocenters. The van der Waals surface area contributed by atoms with Gasteiger partial charge in [0.1, 0.15) is 5.75 Å². The van der Waals surface area contributed by atoms with Crippen LogP contribution in [0.25, 0.3) is 0 Å². The number of ether oxygens (including phenoxy) is 1. The van der Waals surface area contributed by atoms with Crippen LogP contribution in [0.5, 0.6) is 5.75 Å². The third-order valence-corrected chi connectivity index (χ3v) is 7.94. The topological polar surface area (TPSA) is 87.7 Å². The lowest BCUT2D eigenvalue weighted by atomic mass is 9.48. The summed E-state index contributed by atoms with van der Waals surface area (Å²) >= 11 is 0. The van der Waals surface area contributed by atoms with Gasteiger partial charge in [-0.15, -0.1) is 0 Å². The molecule has 174 valence electrons. The first-order valence-electron chi connectivity index (χ1n) is 12.4. The summed E-state index contributed by atoms with van der Waals surface area (Å²) in [6, 6.07) is 6.91.